The van der Waals surface area contributed by atoms with E-state index in [4.69, 9.17) is 9.15 Å². The molecule has 0 unspecified atom stereocenters. The first kappa shape index (κ1) is 13.5. The van der Waals surface area contributed by atoms with Gasteiger partial charge in [-0.3, -0.25) is 0 Å². The van der Waals surface area contributed by atoms with Gasteiger partial charge in [0.05, 0.1) is 5.39 Å². The van der Waals surface area contributed by atoms with Crippen LogP contribution in [0.4, 0.5) is 0 Å². The fraction of sp³-hybridized carbons (Fsp3) is 0.526. The highest BCUT2D eigenvalue weighted by Crippen LogP contribution is 2.74. The van der Waals surface area contributed by atoms with Gasteiger partial charge >= 0.3 is 5.63 Å². The second-order valence-electron chi connectivity index (χ2n) is 8.19. The first-order chi connectivity index (χ1) is 10.8. The lowest BCUT2D eigenvalue weighted by atomic mass is 9.45. The van der Waals surface area contributed by atoms with Gasteiger partial charge in [-0.05, 0) is 37.2 Å². The molecule has 1 aromatic carbocycles. The van der Waals surface area contributed by atoms with E-state index in [1.54, 1.807) is 12.1 Å². The number of hydrogen-bond acceptors (Lipinski definition) is 4. The SMILES string of the molecule is CC1(C)[C@@H]2c3c(O)cc4oc(=O)ccc4c3O[C@]3(C)CC[C@H]1[C@H]23. The molecule has 0 bridgehead atoms. The van der Waals surface area contributed by atoms with Gasteiger partial charge in [0.15, 0.2) is 0 Å². The van der Waals surface area contributed by atoms with Crippen LogP contribution >= 0.6 is 0 Å². The molecule has 2 heterocycles. The van der Waals surface area contributed by atoms with Gasteiger partial charge in [-0.2, -0.15) is 0 Å². The molecule has 0 saturated heterocycles. The quantitative estimate of drug-likeness (QED) is 0.752. The molecule has 4 heteroatoms. The minimum absolute atomic E-state index is 0.154. The number of benzene rings is 1. The van der Waals surface area contributed by atoms with Crippen molar-refractivity contribution in [3.8, 4) is 11.5 Å². The first-order valence-electron chi connectivity index (χ1n) is 8.32. The molecule has 1 aromatic heterocycles. The summed E-state index contributed by atoms with van der Waals surface area (Å²) in [6, 6.07) is 4.74. The minimum Gasteiger partial charge on any atom is -0.507 e. The highest BCUT2D eigenvalue weighted by Gasteiger charge is 2.69. The Morgan fingerprint density at radius 1 is 1.26 bits per heavy atom. The Balaban J connectivity index is 1.85. The normalized spacial score (nSPS) is 36.0. The van der Waals surface area contributed by atoms with E-state index < -0.39 is 5.63 Å². The van der Waals surface area contributed by atoms with E-state index in [0.717, 1.165) is 17.4 Å². The van der Waals surface area contributed by atoms with Crippen LogP contribution in [0.25, 0.3) is 11.0 Å². The van der Waals surface area contributed by atoms with Gasteiger partial charge < -0.3 is 14.3 Å². The number of phenolic OH excluding ortho intramolecular Hbond substituents is 1. The molecule has 23 heavy (non-hydrogen) atoms. The van der Waals surface area contributed by atoms with Crippen molar-refractivity contribution in [3.63, 3.8) is 0 Å². The third-order valence-electron chi connectivity index (χ3n) is 6.75. The minimum atomic E-state index is -0.415. The monoisotopic (exact) mass is 312 g/mol. The van der Waals surface area contributed by atoms with Crippen LogP contribution in [0.2, 0.25) is 0 Å². The molecule has 0 radical (unpaired) electrons. The fourth-order valence-corrected chi connectivity index (χ4v) is 5.71. The van der Waals surface area contributed by atoms with E-state index in [-0.39, 0.29) is 16.8 Å². The standard InChI is InChI=1S/C19H20O4/c1-18(2)10-6-7-19(3)15(10)16(18)14-11(20)8-12-9(17(14)23-19)4-5-13(21)22-12/h4-5,8,10,15-16,20H,6-7H2,1-3H3/t10-,15+,16+,19+/m0/s1. The van der Waals surface area contributed by atoms with Crippen molar-refractivity contribution in [2.24, 2.45) is 17.3 Å². The van der Waals surface area contributed by atoms with Crippen molar-refractivity contribution >= 4 is 11.0 Å². The zero-order chi connectivity index (χ0) is 16.1. The molecular weight excluding hydrogens is 292 g/mol. The van der Waals surface area contributed by atoms with E-state index >= 15 is 0 Å². The predicted octanol–water partition coefficient (Wildman–Crippen LogP) is 3.80. The first-order valence-corrected chi connectivity index (χ1v) is 8.32. The summed E-state index contributed by atoms with van der Waals surface area (Å²) < 4.78 is 11.7. The smallest absolute Gasteiger partial charge is 0.336 e. The third kappa shape index (κ3) is 1.41. The van der Waals surface area contributed by atoms with Crippen molar-refractivity contribution < 1.29 is 14.3 Å². The topological polar surface area (TPSA) is 59.7 Å². The van der Waals surface area contributed by atoms with Gasteiger partial charge in [0.2, 0.25) is 0 Å². The van der Waals surface area contributed by atoms with Gasteiger partial charge in [0.1, 0.15) is 22.7 Å². The Morgan fingerprint density at radius 2 is 2.04 bits per heavy atom. The molecule has 0 amide bonds. The number of ether oxygens (including phenoxy) is 1. The van der Waals surface area contributed by atoms with Crippen LogP contribution in [0, 0.1) is 17.3 Å². The van der Waals surface area contributed by atoms with Gasteiger partial charge in [-0.25, -0.2) is 4.79 Å². The number of fused-ring (bicyclic) bond motifs is 4. The summed E-state index contributed by atoms with van der Waals surface area (Å²) in [5, 5.41) is 11.4. The predicted molar refractivity (Wildman–Crippen MR) is 85.9 cm³/mol. The number of rotatable bonds is 0. The van der Waals surface area contributed by atoms with Gasteiger partial charge in [-0.15, -0.1) is 0 Å². The summed E-state index contributed by atoms with van der Waals surface area (Å²) in [6.45, 7) is 6.79. The summed E-state index contributed by atoms with van der Waals surface area (Å²) in [5.74, 6) is 2.30. The van der Waals surface area contributed by atoms with E-state index in [2.05, 4.69) is 20.8 Å². The fourth-order valence-electron chi connectivity index (χ4n) is 5.71. The lowest BCUT2D eigenvalue weighted by Gasteiger charge is -2.62. The second kappa shape index (κ2) is 3.74. The molecule has 3 aliphatic rings. The maximum Gasteiger partial charge on any atom is 0.336 e. The Hall–Kier alpha value is -1.97. The lowest BCUT2D eigenvalue weighted by Crippen LogP contribution is -2.59. The zero-order valence-electron chi connectivity index (χ0n) is 13.6. The van der Waals surface area contributed by atoms with Crippen LogP contribution in [0.5, 0.6) is 11.5 Å². The molecule has 2 fully saturated rings. The largest absolute Gasteiger partial charge is 0.507 e. The van der Waals surface area contributed by atoms with Crippen LogP contribution in [0.15, 0.2) is 27.4 Å². The van der Waals surface area contributed by atoms with E-state index in [9.17, 15) is 9.90 Å². The van der Waals surface area contributed by atoms with E-state index in [1.165, 1.54) is 12.5 Å². The van der Waals surface area contributed by atoms with Crippen molar-refractivity contribution in [2.45, 2.75) is 45.1 Å². The molecule has 1 N–H and O–H groups in total. The zero-order valence-corrected chi connectivity index (χ0v) is 13.6. The molecule has 5 rings (SSSR count). The summed E-state index contributed by atoms with van der Waals surface area (Å²) >= 11 is 0. The average molecular weight is 312 g/mol. The molecule has 2 saturated carbocycles. The summed E-state index contributed by atoms with van der Waals surface area (Å²) in [7, 11) is 0. The average Bonchev–Trinajstić information content (AvgIpc) is 2.81. The Morgan fingerprint density at radius 3 is 2.83 bits per heavy atom. The number of aromatic hydroxyl groups is 1. The maximum absolute atomic E-state index is 11.5. The van der Waals surface area contributed by atoms with Gasteiger partial charge in [0.25, 0.3) is 0 Å². The van der Waals surface area contributed by atoms with Crippen molar-refractivity contribution in [2.75, 3.05) is 0 Å². The summed E-state index contributed by atoms with van der Waals surface area (Å²) in [5.41, 5.74) is 0.845. The second-order valence-corrected chi connectivity index (χ2v) is 8.19. The highest BCUT2D eigenvalue weighted by molar-refractivity contribution is 5.88. The molecule has 4 atom stereocenters. The number of phenols is 1. The van der Waals surface area contributed by atoms with Crippen LogP contribution in [-0.2, 0) is 0 Å². The third-order valence-corrected chi connectivity index (χ3v) is 6.75. The molecule has 120 valence electrons. The van der Waals surface area contributed by atoms with Gasteiger partial charge in [-0.1, -0.05) is 13.8 Å². The van der Waals surface area contributed by atoms with Crippen molar-refractivity contribution in [3.05, 3.63) is 34.2 Å². The molecular formula is C19H20O4. The van der Waals surface area contributed by atoms with E-state index in [0.29, 0.717) is 29.1 Å². The summed E-state index contributed by atoms with van der Waals surface area (Å²) in [4.78, 5) is 11.5. The van der Waals surface area contributed by atoms with Crippen LogP contribution in [0.3, 0.4) is 0 Å². The van der Waals surface area contributed by atoms with Crippen molar-refractivity contribution in [1.29, 1.82) is 0 Å². The Kier molecular flexibility index (Phi) is 2.19. The summed E-state index contributed by atoms with van der Waals surface area (Å²) in [6.07, 6.45) is 2.21. The Bertz CT molecular complexity index is 909. The lowest BCUT2D eigenvalue weighted by molar-refractivity contribution is -0.120. The molecule has 0 spiro atoms. The Labute approximate surface area is 134 Å². The molecule has 2 aromatic rings. The van der Waals surface area contributed by atoms with Crippen LogP contribution in [0.1, 0.15) is 45.1 Å². The maximum atomic E-state index is 11.5. The molecule has 1 aliphatic heterocycles. The van der Waals surface area contributed by atoms with Gasteiger partial charge in [0, 0.05) is 29.5 Å². The van der Waals surface area contributed by atoms with E-state index in [1.807, 2.05) is 0 Å². The van der Waals surface area contributed by atoms with Crippen LogP contribution < -0.4 is 10.4 Å². The number of hydrogen-bond donors (Lipinski definition) is 1. The van der Waals surface area contributed by atoms with Crippen molar-refractivity contribution in [1.82, 2.24) is 0 Å². The molecule has 2 aliphatic carbocycles. The highest BCUT2D eigenvalue weighted by atomic mass is 16.5. The molecule has 4 nitrogen and oxygen atoms in total. The van der Waals surface area contributed by atoms with Crippen LogP contribution in [-0.4, -0.2) is 10.7 Å².